The first kappa shape index (κ1) is 13.9. The van der Waals surface area contributed by atoms with Gasteiger partial charge in [-0.2, -0.15) is 0 Å². The van der Waals surface area contributed by atoms with Gasteiger partial charge in [0.25, 0.3) is 0 Å². The lowest BCUT2D eigenvalue weighted by Gasteiger charge is -2.28. The summed E-state index contributed by atoms with van der Waals surface area (Å²) in [6.07, 6.45) is 7.00. The van der Waals surface area contributed by atoms with Crippen LogP contribution in [0.25, 0.3) is 0 Å². The zero-order valence-corrected chi connectivity index (χ0v) is 12.3. The van der Waals surface area contributed by atoms with Gasteiger partial charge in [0.1, 0.15) is 0 Å². The second kappa shape index (κ2) is 6.58. The van der Waals surface area contributed by atoms with Crippen LogP contribution in [0.15, 0.2) is 18.2 Å². The van der Waals surface area contributed by atoms with Crippen molar-refractivity contribution in [3.8, 4) is 0 Å². The summed E-state index contributed by atoms with van der Waals surface area (Å²) in [6, 6.07) is 6.92. The maximum Gasteiger partial charge on any atom is 0.0453 e. The molecule has 2 rings (SSSR count). The van der Waals surface area contributed by atoms with Crippen molar-refractivity contribution < 1.29 is 0 Å². The third kappa shape index (κ3) is 3.73. The Bertz CT molecular complexity index is 383. The Hall–Kier alpha value is -0.530. The summed E-state index contributed by atoms with van der Waals surface area (Å²) < 4.78 is 0. The molecule has 0 bridgehead atoms. The van der Waals surface area contributed by atoms with Crippen molar-refractivity contribution in [1.82, 2.24) is 5.32 Å². The number of hydrogen-bond donors (Lipinski definition) is 1. The minimum atomic E-state index is 0.600. The van der Waals surface area contributed by atoms with Crippen LogP contribution in [0.5, 0.6) is 0 Å². The number of aryl methyl sites for hydroxylation is 1. The van der Waals surface area contributed by atoms with Crippen LogP contribution in [0.1, 0.15) is 50.2 Å². The van der Waals surface area contributed by atoms with Gasteiger partial charge in [-0.1, -0.05) is 43.0 Å². The van der Waals surface area contributed by atoms with Gasteiger partial charge in [0.2, 0.25) is 0 Å². The first-order valence-electron chi connectivity index (χ1n) is 7.15. The van der Waals surface area contributed by atoms with Crippen LogP contribution in [0.3, 0.4) is 0 Å². The van der Waals surface area contributed by atoms with Crippen LogP contribution in [-0.4, -0.2) is 6.04 Å². The molecule has 18 heavy (non-hydrogen) atoms. The van der Waals surface area contributed by atoms with Gasteiger partial charge in [0.05, 0.1) is 0 Å². The molecule has 1 aromatic rings. The molecular weight excluding hydrogens is 242 g/mol. The smallest absolute Gasteiger partial charge is 0.0453 e. The van der Waals surface area contributed by atoms with Gasteiger partial charge in [-0.25, -0.2) is 0 Å². The molecule has 0 unspecified atom stereocenters. The molecule has 1 N–H and O–H groups in total. The van der Waals surface area contributed by atoms with Crippen molar-refractivity contribution in [3.05, 3.63) is 34.3 Å². The topological polar surface area (TPSA) is 12.0 Å². The molecule has 1 aromatic carbocycles. The molecule has 100 valence electrons. The van der Waals surface area contributed by atoms with Gasteiger partial charge in [0, 0.05) is 17.6 Å². The molecule has 0 aromatic heterocycles. The van der Waals surface area contributed by atoms with Crippen LogP contribution >= 0.6 is 11.6 Å². The molecule has 1 saturated carbocycles. The van der Waals surface area contributed by atoms with E-state index in [1.165, 1.54) is 43.2 Å². The second-order valence-corrected chi connectivity index (χ2v) is 6.07. The predicted molar refractivity (Wildman–Crippen MR) is 79.1 cm³/mol. The zero-order chi connectivity index (χ0) is 13.0. The molecule has 1 nitrogen and oxygen atoms in total. The molecule has 1 fully saturated rings. The average molecular weight is 266 g/mol. The van der Waals surface area contributed by atoms with E-state index in [0.29, 0.717) is 6.04 Å². The predicted octanol–water partition coefficient (Wildman–Crippen LogP) is 4.71. The Morgan fingerprint density at radius 3 is 2.67 bits per heavy atom. The van der Waals surface area contributed by atoms with E-state index >= 15 is 0 Å². The molecular formula is C16H24ClN. The lowest BCUT2D eigenvalue weighted by atomic mass is 9.84. The van der Waals surface area contributed by atoms with E-state index < -0.39 is 0 Å². The summed E-state index contributed by atoms with van der Waals surface area (Å²) in [5, 5.41) is 4.53. The highest BCUT2D eigenvalue weighted by molar-refractivity contribution is 6.31. The summed E-state index contributed by atoms with van der Waals surface area (Å²) in [7, 11) is 0. The molecule has 0 aliphatic heterocycles. The number of rotatable bonds is 4. The second-order valence-electron chi connectivity index (χ2n) is 5.66. The van der Waals surface area contributed by atoms with Gasteiger partial charge in [-0.3, -0.25) is 0 Å². The Morgan fingerprint density at radius 2 is 2.00 bits per heavy atom. The van der Waals surface area contributed by atoms with E-state index in [4.69, 9.17) is 11.6 Å². The largest absolute Gasteiger partial charge is 0.310 e. The lowest BCUT2D eigenvalue weighted by Crippen LogP contribution is -2.34. The quantitative estimate of drug-likeness (QED) is 0.832. The standard InChI is InChI=1S/C16H24ClN/c1-12-8-9-15(16(17)10-12)11-18-13(2)14-6-4-3-5-7-14/h8-10,13-14,18H,3-7,11H2,1-2H3/t13-/m0/s1. The van der Waals surface area contributed by atoms with Crippen molar-refractivity contribution in [2.75, 3.05) is 0 Å². The minimum absolute atomic E-state index is 0.600. The van der Waals surface area contributed by atoms with Crippen LogP contribution in [-0.2, 0) is 6.54 Å². The molecule has 1 atom stereocenters. The average Bonchev–Trinajstić information content (AvgIpc) is 2.38. The molecule has 1 aliphatic carbocycles. The maximum atomic E-state index is 6.26. The highest BCUT2D eigenvalue weighted by Gasteiger charge is 2.19. The SMILES string of the molecule is Cc1ccc(CN[C@@H](C)C2CCCCC2)c(Cl)c1. The van der Waals surface area contributed by atoms with Gasteiger partial charge < -0.3 is 5.32 Å². The van der Waals surface area contributed by atoms with Gasteiger partial charge in [-0.15, -0.1) is 0 Å². The monoisotopic (exact) mass is 265 g/mol. The van der Waals surface area contributed by atoms with Gasteiger partial charge in [-0.05, 0) is 49.8 Å². The Balaban J connectivity index is 1.86. The molecule has 0 spiro atoms. The van der Waals surface area contributed by atoms with E-state index in [9.17, 15) is 0 Å². The van der Waals surface area contributed by atoms with E-state index in [1.807, 2.05) is 6.07 Å². The fourth-order valence-corrected chi connectivity index (χ4v) is 3.17. The van der Waals surface area contributed by atoms with E-state index in [0.717, 1.165) is 17.5 Å². The van der Waals surface area contributed by atoms with Crippen LogP contribution in [0.4, 0.5) is 0 Å². The molecule has 2 heteroatoms. The highest BCUT2D eigenvalue weighted by Crippen LogP contribution is 2.26. The Labute approximate surface area is 116 Å². The van der Waals surface area contributed by atoms with Crippen molar-refractivity contribution in [2.45, 2.75) is 58.5 Å². The summed E-state index contributed by atoms with van der Waals surface area (Å²) in [4.78, 5) is 0. The Kier molecular flexibility index (Phi) is 5.08. The van der Waals surface area contributed by atoms with E-state index in [-0.39, 0.29) is 0 Å². The number of halogens is 1. The number of nitrogens with one attached hydrogen (secondary N) is 1. The maximum absolute atomic E-state index is 6.26. The van der Waals surface area contributed by atoms with E-state index in [1.54, 1.807) is 0 Å². The summed E-state index contributed by atoms with van der Waals surface area (Å²) in [5.74, 6) is 0.850. The normalized spacial score (nSPS) is 18.8. The Morgan fingerprint density at radius 1 is 1.28 bits per heavy atom. The molecule has 0 amide bonds. The van der Waals surface area contributed by atoms with Crippen LogP contribution in [0.2, 0.25) is 5.02 Å². The van der Waals surface area contributed by atoms with E-state index in [2.05, 4.69) is 31.3 Å². The fourth-order valence-electron chi connectivity index (χ4n) is 2.87. The number of benzene rings is 1. The summed E-state index contributed by atoms with van der Waals surface area (Å²) >= 11 is 6.26. The number of hydrogen-bond acceptors (Lipinski definition) is 1. The van der Waals surface area contributed by atoms with Crippen LogP contribution < -0.4 is 5.32 Å². The molecule has 0 saturated heterocycles. The molecule has 0 radical (unpaired) electrons. The van der Waals surface area contributed by atoms with Gasteiger partial charge in [0.15, 0.2) is 0 Å². The molecule has 1 aliphatic rings. The van der Waals surface area contributed by atoms with Crippen LogP contribution in [0, 0.1) is 12.8 Å². The third-order valence-corrected chi connectivity index (χ3v) is 4.53. The van der Waals surface area contributed by atoms with Crippen molar-refractivity contribution in [2.24, 2.45) is 5.92 Å². The van der Waals surface area contributed by atoms with Crippen molar-refractivity contribution in [1.29, 1.82) is 0 Å². The third-order valence-electron chi connectivity index (χ3n) is 4.18. The lowest BCUT2D eigenvalue weighted by molar-refractivity contribution is 0.280. The first-order valence-corrected chi connectivity index (χ1v) is 7.53. The summed E-state index contributed by atoms with van der Waals surface area (Å²) in [5.41, 5.74) is 2.44. The zero-order valence-electron chi connectivity index (χ0n) is 11.5. The first-order chi connectivity index (χ1) is 8.66. The van der Waals surface area contributed by atoms with Crippen molar-refractivity contribution >= 4 is 11.6 Å². The minimum Gasteiger partial charge on any atom is -0.310 e. The fraction of sp³-hybridized carbons (Fsp3) is 0.625. The van der Waals surface area contributed by atoms with Crippen molar-refractivity contribution in [3.63, 3.8) is 0 Å². The molecule has 0 heterocycles. The summed E-state index contributed by atoms with van der Waals surface area (Å²) in [6.45, 7) is 5.28. The van der Waals surface area contributed by atoms with Gasteiger partial charge >= 0.3 is 0 Å². The highest BCUT2D eigenvalue weighted by atomic mass is 35.5.